The topological polar surface area (TPSA) is 155 Å². The molecule has 3 aromatic heterocycles. The predicted octanol–water partition coefficient (Wildman–Crippen LogP) is 1.25. The number of carbonyl (C=O) groups excluding carboxylic acids is 1. The maximum absolute atomic E-state index is 11.4. The van der Waals surface area contributed by atoms with Gasteiger partial charge in [0.25, 0.3) is 7.12 Å². The van der Waals surface area contributed by atoms with E-state index in [-0.39, 0.29) is 40.2 Å². The summed E-state index contributed by atoms with van der Waals surface area (Å²) in [5.41, 5.74) is 5.75. The van der Waals surface area contributed by atoms with Crippen LogP contribution in [0.3, 0.4) is 0 Å². The first-order valence-electron chi connectivity index (χ1n) is 11.0. The molecule has 1 aliphatic rings. The molecule has 0 bridgehead atoms. The molecule has 0 N–H and O–H groups in total. The second-order valence-electron chi connectivity index (χ2n) is 7.86. The van der Waals surface area contributed by atoms with E-state index in [1.165, 1.54) is 26.0 Å². The molecule has 4 rings (SSSR count). The summed E-state index contributed by atoms with van der Waals surface area (Å²) in [4.78, 5) is 20.0. The summed E-state index contributed by atoms with van der Waals surface area (Å²) in [6, 6.07) is 7.07. The summed E-state index contributed by atoms with van der Waals surface area (Å²) in [6.07, 6.45) is 13.4. The summed E-state index contributed by atoms with van der Waals surface area (Å²) in [5, 5.41) is 21.6. The van der Waals surface area contributed by atoms with Crippen LogP contribution >= 0.6 is 7.92 Å². The van der Waals surface area contributed by atoms with Gasteiger partial charge in [-0.15, -0.1) is 12.8 Å². The largest absolute Gasteiger partial charge is 0.425 e. The second-order valence-corrected chi connectivity index (χ2v) is 10.5. The molecule has 4 radical (unpaired) electrons. The molecular formula is C22H32BN9O4PW-. The minimum atomic E-state index is -0.584. The minimum absolute atomic E-state index is 0. The Balaban J connectivity index is 0.000000587. The fourth-order valence-corrected chi connectivity index (χ4v) is 3.26. The van der Waals surface area contributed by atoms with Gasteiger partial charge in [0.05, 0.1) is 6.07 Å². The zero-order valence-corrected chi connectivity index (χ0v) is 26.0. The van der Waals surface area contributed by atoms with Crippen molar-refractivity contribution >= 4 is 20.9 Å². The number of rotatable bonds is 5. The van der Waals surface area contributed by atoms with Crippen LogP contribution in [0.25, 0.3) is 0 Å². The number of nitroso groups, excluding NO2 is 1. The van der Waals surface area contributed by atoms with Gasteiger partial charge in [0.1, 0.15) is 17.7 Å². The summed E-state index contributed by atoms with van der Waals surface area (Å²) >= 11 is 0. The van der Waals surface area contributed by atoms with Crippen molar-refractivity contribution in [1.82, 2.24) is 39.6 Å². The van der Waals surface area contributed by atoms with Gasteiger partial charge in [-0.05, 0) is 56.8 Å². The number of nitrogens with zero attached hydrogens (tertiary/aromatic N) is 9. The van der Waals surface area contributed by atoms with Crippen molar-refractivity contribution < 1.29 is 35.3 Å². The van der Waals surface area contributed by atoms with E-state index in [1.54, 1.807) is 45.2 Å². The van der Waals surface area contributed by atoms with Crippen LogP contribution in [0, 0.1) is 29.1 Å². The first-order valence-corrected chi connectivity index (χ1v) is 13.7. The van der Waals surface area contributed by atoms with Crippen LogP contribution in [0.1, 0.15) is 6.92 Å². The first kappa shape index (κ1) is 35.3. The molecule has 4 heterocycles. The van der Waals surface area contributed by atoms with Crippen LogP contribution in [0.2, 0.25) is 0 Å². The van der Waals surface area contributed by atoms with Crippen LogP contribution in [-0.4, -0.2) is 99.6 Å². The fraction of sp³-hybridized carbons (Fsp3) is 0.409. The Kier molecular flexibility index (Phi) is 18.0. The monoisotopic (exact) mass is 712 g/mol. The van der Waals surface area contributed by atoms with Gasteiger partial charge in [-0.2, -0.15) is 5.26 Å². The molecule has 0 unspecified atom stereocenters. The summed E-state index contributed by atoms with van der Waals surface area (Å²) in [7, 11) is 3.21. The molecule has 0 aliphatic carbocycles. The molecule has 38 heavy (non-hydrogen) atoms. The van der Waals surface area contributed by atoms with Crippen LogP contribution in [0.5, 0.6) is 0 Å². The molecule has 204 valence electrons. The third-order valence-electron chi connectivity index (χ3n) is 4.63. The van der Waals surface area contributed by atoms with Crippen LogP contribution < -0.4 is 5.59 Å². The Morgan fingerprint density at radius 2 is 1.32 bits per heavy atom. The normalized spacial score (nSPS) is 18.0. The van der Waals surface area contributed by atoms with Crippen LogP contribution in [0.15, 0.2) is 55.4 Å². The number of ether oxygens (including phenoxy) is 2. The molecule has 0 aromatic carbocycles. The van der Waals surface area contributed by atoms with Gasteiger partial charge in [-0.3, -0.25) is 9.69 Å². The zero-order valence-electron chi connectivity index (χ0n) is 22.2. The number of hydrogen-bond donors (Lipinski definition) is 0. The number of likely N-dealkylation sites (tertiary alicyclic amines) is 1. The molecule has 3 aromatic rings. The number of hydrogen-bond acceptors (Lipinski definition) is 8. The zero-order chi connectivity index (χ0) is 27.8. The number of methoxy groups -OCH3 is 2. The molecule has 0 spiro atoms. The average molecular weight is 712 g/mol. The van der Waals surface area contributed by atoms with Crippen molar-refractivity contribution in [2.75, 3.05) is 34.2 Å². The molecule has 1 aliphatic heterocycles. The summed E-state index contributed by atoms with van der Waals surface area (Å²) in [5.74, 6) is -0.209. The van der Waals surface area contributed by atoms with E-state index < -0.39 is 12.3 Å². The quantitative estimate of drug-likeness (QED) is 0.283. The SMILES string of the molecule is CO[C@@H]1[C@H](OC)[CH][CH][C@H](C#N)N1C(C)=O.CP(C)C.[N]=O.[W].c1cnn([B-](n2cccn2)n2cccn2)c1. The maximum Gasteiger partial charge on any atom is 0.260 e. The Morgan fingerprint density at radius 3 is 1.58 bits per heavy atom. The Labute approximate surface area is 239 Å². The van der Waals surface area contributed by atoms with Gasteiger partial charge in [-0.1, -0.05) is 0 Å². The van der Waals surface area contributed by atoms with Gasteiger partial charge in [-0.25, -0.2) is 15.3 Å². The molecule has 16 heteroatoms. The fourth-order valence-electron chi connectivity index (χ4n) is 3.26. The molecule has 0 saturated carbocycles. The van der Waals surface area contributed by atoms with E-state index in [1.807, 2.05) is 42.9 Å². The summed E-state index contributed by atoms with van der Waals surface area (Å²) in [6.45, 7) is 8.10. The average Bonchev–Trinajstić information content (AvgIpc) is 3.69. The summed E-state index contributed by atoms with van der Waals surface area (Å²) < 4.78 is 15.7. The van der Waals surface area contributed by atoms with E-state index in [9.17, 15) is 4.79 Å². The molecular weight excluding hydrogens is 680 g/mol. The van der Waals surface area contributed by atoms with E-state index in [0.717, 1.165) is 0 Å². The van der Waals surface area contributed by atoms with Gasteiger partial charge in [0.15, 0.2) is 6.23 Å². The van der Waals surface area contributed by atoms with Crippen molar-refractivity contribution in [3.05, 3.63) is 73.1 Å². The number of nitriles is 1. The number of aromatic nitrogens is 6. The van der Waals surface area contributed by atoms with Crippen molar-refractivity contribution in [2.45, 2.75) is 25.3 Å². The third-order valence-corrected chi connectivity index (χ3v) is 4.63. The van der Waals surface area contributed by atoms with Gasteiger partial charge in [0.2, 0.25) is 5.91 Å². The van der Waals surface area contributed by atoms with E-state index >= 15 is 0 Å². The van der Waals surface area contributed by atoms with Gasteiger partial charge in [0, 0.05) is 73.6 Å². The van der Waals surface area contributed by atoms with Crippen molar-refractivity contribution in [3.63, 3.8) is 0 Å². The number of carbonyl (C=O) groups is 1. The van der Waals surface area contributed by atoms with Crippen molar-refractivity contribution in [2.24, 2.45) is 0 Å². The minimum Gasteiger partial charge on any atom is -0.425 e. The maximum atomic E-state index is 11.4. The Bertz CT molecular complexity index is 952. The van der Waals surface area contributed by atoms with E-state index in [2.05, 4.69) is 35.3 Å². The molecule has 1 amide bonds. The standard InChI is InChI=1S/C10H14N2O3.C9H9BN6.C3H9P.NO.W/c1-7(13)12-8(6-11)4-5-9(14-2)10(12)15-3;1-4-11-14(7-1)10(15-8-2-5-12-15)16-9-3-6-13-16;1-4(2)3;1-2;/h4-5,8-10H,1-3H3;1-9H;1-3H3;;/q;-1;;;/t8-,9-,10-;;;;/m1..../s1. The van der Waals surface area contributed by atoms with Gasteiger partial charge >= 0.3 is 0 Å². The molecule has 13 nitrogen and oxygen atoms in total. The Morgan fingerprint density at radius 1 is 0.895 bits per heavy atom. The number of piperidine rings is 1. The third kappa shape index (κ3) is 10.6. The molecule has 1 fully saturated rings. The predicted molar refractivity (Wildman–Crippen MR) is 141 cm³/mol. The van der Waals surface area contributed by atoms with Crippen LogP contribution in [0.4, 0.5) is 0 Å². The van der Waals surface area contributed by atoms with Crippen LogP contribution in [-0.2, 0) is 35.3 Å². The van der Waals surface area contributed by atoms with E-state index in [4.69, 9.17) is 25.2 Å². The van der Waals surface area contributed by atoms with Crippen molar-refractivity contribution in [3.8, 4) is 6.07 Å². The molecule has 1 saturated heterocycles. The van der Waals surface area contributed by atoms with E-state index in [0.29, 0.717) is 7.92 Å². The number of amides is 1. The first-order chi connectivity index (χ1) is 17.8. The molecule has 3 atom stereocenters. The van der Waals surface area contributed by atoms with Crippen molar-refractivity contribution in [1.29, 1.82) is 5.26 Å². The smallest absolute Gasteiger partial charge is 0.260 e. The van der Waals surface area contributed by atoms with Gasteiger partial charge < -0.3 is 23.3 Å². The second kappa shape index (κ2) is 19.4. The Hall–Kier alpha value is -2.71.